The number of amides is 1. The van der Waals surface area contributed by atoms with E-state index in [1.807, 2.05) is 78.9 Å². The van der Waals surface area contributed by atoms with Crippen LogP contribution in [-0.4, -0.2) is 12.5 Å². The average Bonchev–Trinajstić information content (AvgIpc) is 2.80. The van der Waals surface area contributed by atoms with Crippen LogP contribution in [0.3, 0.4) is 0 Å². The number of hydrogen-bond acceptors (Lipinski definition) is 3. The minimum Gasteiger partial charge on any atom is -0.489 e. The van der Waals surface area contributed by atoms with Crippen molar-refractivity contribution in [2.24, 2.45) is 0 Å². The number of carbonyl (C=O) groups excluding carboxylic acids is 1. The maximum Gasteiger partial charge on any atom is 0.220 e. The first-order valence-electron chi connectivity index (χ1n) is 10.3. The third-order valence-corrected chi connectivity index (χ3v) is 5.35. The van der Waals surface area contributed by atoms with Gasteiger partial charge in [0.15, 0.2) is 0 Å². The van der Waals surface area contributed by atoms with Crippen LogP contribution in [0, 0.1) is 0 Å². The molecule has 0 fully saturated rings. The fourth-order valence-electron chi connectivity index (χ4n) is 3.48. The van der Waals surface area contributed by atoms with Crippen molar-refractivity contribution in [3.8, 4) is 11.5 Å². The largest absolute Gasteiger partial charge is 0.489 e. The van der Waals surface area contributed by atoms with E-state index in [4.69, 9.17) is 21.1 Å². The van der Waals surface area contributed by atoms with Gasteiger partial charge in [-0.05, 0) is 59.5 Å². The highest BCUT2D eigenvalue weighted by Crippen LogP contribution is 2.35. The normalized spacial score (nSPS) is 12.4. The van der Waals surface area contributed by atoms with Crippen molar-refractivity contribution < 1.29 is 14.3 Å². The summed E-state index contributed by atoms with van der Waals surface area (Å²) in [5.41, 5.74) is 4.18. The highest BCUT2D eigenvalue weighted by atomic mass is 35.5. The number of allylic oxidation sites excluding steroid dienone is 1. The van der Waals surface area contributed by atoms with Gasteiger partial charge in [0.1, 0.15) is 24.7 Å². The van der Waals surface area contributed by atoms with E-state index in [2.05, 4.69) is 5.32 Å². The average molecular weight is 434 g/mol. The van der Waals surface area contributed by atoms with Crippen LogP contribution in [0.2, 0.25) is 5.02 Å². The highest BCUT2D eigenvalue weighted by Gasteiger charge is 2.16. The Balaban J connectivity index is 1.35. The SMILES string of the molecule is O=C(CCC1=CCOc2ccc(OCc3cccc(Cl)c3)cc21)NCc1ccccc1. The molecule has 0 saturated heterocycles. The molecule has 31 heavy (non-hydrogen) atoms. The van der Waals surface area contributed by atoms with Gasteiger partial charge in [-0.3, -0.25) is 4.79 Å². The van der Waals surface area contributed by atoms with Crippen molar-refractivity contribution in [2.75, 3.05) is 6.61 Å². The molecule has 4 nitrogen and oxygen atoms in total. The lowest BCUT2D eigenvalue weighted by Crippen LogP contribution is -2.22. The van der Waals surface area contributed by atoms with Crippen LogP contribution >= 0.6 is 11.6 Å². The number of hydrogen-bond donors (Lipinski definition) is 1. The number of benzene rings is 3. The lowest BCUT2D eigenvalue weighted by molar-refractivity contribution is -0.121. The summed E-state index contributed by atoms with van der Waals surface area (Å²) in [6, 6.07) is 23.3. The second kappa shape index (κ2) is 10.2. The Kier molecular flexibility index (Phi) is 6.90. The molecule has 0 spiro atoms. The van der Waals surface area contributed by atoms with Gasteiger partial charge < -0.3 is 14.8 Å². The molecule has 5 heteroatoms. The second-order valence-electron chi connectivity index (χ2n) is 7.38. The van der Waals surface area contributed by atoms with E-state index in [-0.39, 0.29) is 5.91 Å². The summed E-state index contributed by atoms with van der Waals surface area (Å²) in [7, 11) is 0. The monoisotopic (exact) mass is 433 g/mol. The third kappa shape index (κ3) is 5.89. The summed E-state index contributed by atoms with van der Waals surface area (Å²) in [5.74, 6) is 1.60. The van der Waals surface area contributed by atoms with Gasteiger partial charge in [-0.1, -0.05) is 54.1 Å². The second-order valence-corrected chi connectivity index (χ2v) is 7.82. The molecular formula is C26H24ClNO3. The van der Waals surface area contributed by atoms with Crippen LogP contribution in [-0.2, 0) is 17.9 Å². The number of fused-ring (bicyclic) bond motifs is 1. The van der Waals surface area contributed by atoms with E-state index >= 15 is 0 Å². The molecule has 0 radical (unpaired) electrons. The molecule has 0 aliphatic carbocycles. The smallest absolute Gasteiger partial charge is 0.220 e. The van der Waals surface area contributed by atoms with Crippen LogP contribution in [0.1, 0.15) is 29.5 Å². The molecule has 3 aromatic rings. The predicted octanol–water partition coefficient (Wildman–Crippen LogP) is 5.79. The van der Waals surface area contributed by atoms with Crippen molar-refractivity contribution in [1.29, 1.82) is 0 Å². The Bertz CT molecular complexity index is 1080. The summed E-state index contributed by atoms with van der Waals surface area (Å²) in [5, 5.41) is 3.67. The van der Waals surface area contributed by atoms with E-state index in [0.717, 1.165) is 33.8 Å². The quantitative estimate of drug-likeness (QED) is 0.489. The number of ether oxygens (including phenoxy) is 2. The van der Waals surface area contributed by atoms with E-state index in [9.17, 15) is 4.79 Å². The third-order valence-electron chi connectivity index (χ3n) is 5.11. The summed E-state index contributed by atoms with van der Waals surface area (Å²) < 4.78 is 11.7. The maximum atomic E-state index is 12.3. The minimum absolute atomic E-state index is 0.0335. The Hall–Kier alpha value is -3.24. The van der Waals surface area contributed by atoms with Gasteiger partial charge in [-0.25, -0.2) is 0 Å². The van der Waals surface area contributed by atoms with Crippen LogP contribution in [0.15, 0.2) is 78.9 Å². The van der Waals surface area contributed by atoms with E-state index in [0.29, 0.717) is 37.6 Å². The van der Waals surface area contributed by atoms with Gasteiger partial charge in [-0.15, -0.1) is 0 Å². The fraction of sp³-hybridized carbons (Fsp3) is 0.192. The first kappa shape index (κ1) is 21.0. The van der Waals surface area contributed by atoms with Crippen molar-refractivity contribution in [3.63, 3.8) is 0 Å². The Labute approximate surface area is 187 Å². The first-order valence-corrected chi connectivity index (χ1v) is 10.7. The molecule has 0 saturated carbocycles. The first-order chi connectivity index (χ1) is 15.2. The van der Waals surface area contributed by atoms with Crippen LogP contribution in [0.4, 0.5) is 0 Å². The van der Waals surface area contributed by atoms with Gasteiger partial charge >= 0.3 is 0 Å². The van der Waals surface area contributed by atoms with Gasteiger partial charge in [0, 0.05) is 23.6 Å². The summed E-state index contributed by atoms with van der Waals surface area (Å²) in [6.07, 6.45) is 3.11. The molecule has 0 bridgehead atoms. The topological polar surface area (TPSA) is 47.6 Å². The molecule has 0 aromatic heterocycles. The van der Waals surface area contributed by atoms with Crippen LogP contribution < -0.4 is 14.8 Å². The lowest BCUT2D eigenvalue weighted by atomic mass is 9.97. The molecule has 158 valence electrons. The van der Waals surface area contributed by atoms with Gasteiger partial charge in [-0.2, -0.15) is 0 Å². The number of carbonyl (C=O) groups is 1. The Morgan fingerprint density at radius 3 is 2.68 bits per heavy atom. The van der Waals surface area contributed by atoms with Gasteiger partial charge in [0.2, 0.25) is 5.91 Å². The zero-order valence-electron chi connectivity index (χ0n) is 17.1. The highest BCUT2D eigenvalue weighted by molar-refractivity contribution is 6.30. The molecule has 1 aliphatic heterocycles. The fourth-order valence-corrected chi connectivity index (χ4v) is 3.69. The molecule has 1 N–H and O–H groups in total. The van der Waals surface area contributed by atoms with Crippen molar-refractivity contribution in [1.82, 2.24) is 5.32 Å². The van der Waals surface area contributed by atoms with Crippen LogP contribution in [0.5, 0.6) is 11.5 Å². The van der Waals surface area contributed by atoms with Crippen molar-refractivity contribution in [2.45, 2.75) is 26.0 Å². The standard InChI is InChI=1S/C26H24ClNO3/c27-22-8-4-7-20(15-22)18-31-23-10-11-25-24(16-23)21(13-14-30-25)9-12-26(29)28-17-19-5-2-1-3-6-19/h1-8,10-11,13,15-16H,9,12,14,17-18H2,(H,28,29). The van der Waals surface area contributed by atoms with Crippen molar-refractivity contribution in [3.05, 3.63) is 101 Å². The Morgan fingerprint density at radius 2 is 1.84 bits per heavy atom. The molecule has 1 heterocycles. The molecule has 3 aromatic carbocycles. The maximum absolute atomic E-state index is 12.3. The molecule has 1 amide bonds. The zero-order valence-corrected chi connectivity index (χ0v) is 17.9. The molecule has 0 atom stereocenters. The molecule has 4 rings (SSSR count). The van der Waals surface area contributed by atoms with Crippen LogP contribution in [0.25, 0.3) is 5.57 Å². The zero-order chi connectivity index (χ0) is 21.5. The summed E-state index contributed by atoms with van der Waals surface area (Å²) in [6.45, 7) is 1.48. The van der Waals surface area contributed by atoms with E-state index in [1.54, 1.807) is 0 Å². The molecular weight excluding hydrogens is 410 g/mol. The van der Waals surface area contributed by atoms with E-state index in [1.165, 1.54) is 0 Å². The number of halogens is 1. The number of rotatable bonds is 8. The lowest BCUT2D eigenvalue weighted by Gasteiger charge is -2.20. The van der Waals surface area contributed by atoms with E-state index < -0.39 is 0 Å². The molecule has 1 aliphatic rings. The van der Waals surface area contributed by atoms with Gasteiger partial charge in [0.05, 0.1) is 0 Å². The summed E-state index contributed by atoms with van der Waals surface area (Å²) >= 11 is 6.05. The molecule has 0 unspecified atom stereocenters. The number of nitrogens with one attached hydrogen (secondary N) is 1. The van der Waals surface area contributed by atoms with Crippen molar-refractivity contribution >= 4 is 23.1 Å². The minimum atomic E-state index is 0.0335. The Morgan fingerprint density at radius 1 is 1.00 bits per heavy atom. The van der Waals surface area contributed by atoms with Gasteiger partial charge in [0.25, 0.3) is 0 Å². The summed E-state index contributed by atoms with van der Waals surface area (Å²) in [4.78, 5) is 12.3. The predicted molar refractivity (Wildman–Crippen MR) is 123 cm³/mol.